The molecule has 1 saturated heterocycles. The molecule has 0 spiro atoms. The molecule has 1 aliphatic heterocycles. The summed E-state index contributed by atoms with van der Waals surface area (Å²) in [7, 11) is 0. The largest absolute Gasteiger partial charge is 0.489 e. The standard InChI is InChI=1S/C23H33F2N5O2/c1-4-26-23(27-9-12-31-21-6-5-19(24)13-20(21)25)28-14-18-7-10-30(11-8-18)15-22-29-16(2)17(3)32-22/h5-6,13,18H,4,7-12,14-15H2,1-3H3,(H2,26,27,28). The Kier molecular flexibility index (Phi) is 8.84. The minimum Gasteiger partial charge on any atom is -0.489 e. The molecule has 1 aromatic carbocycles. The monoisotopic (exact) mass is 449 g/mol. The lowest BCUT2D eigenvalue weighted by molar-refractivity contribution is 0.166. The van der Waals surface area contributed by atoms with Crippen LogP contribution >= 0.6 is 0 Å². The Morgan fingerprint density at radius 3 is 2.69 bits per heavy atom. The van der Waals surface area contributed by atoms with Crippen molar-refractivity contribution < 1.29 is 17.9 Å². The highest BCUT2D eigenvalue weighted by Crippen LogP contribution is 2.20. The van der Waals surface area contributed by atoms with Gasteiger partial charge in [0.15, 0.2) is 17.5 Å². The van der Waals surface area contributed by atoms with Crippen molar-refractivity contribution in [3.63, 3.8) is 0 Å². The van der Waals surface area contributed by atoms with Crippen molar-refractivity contribution in [2.75, 3.05) is 39.3 Å². The van der Waals surface area contributed by atoms with E-state index in [2.05, 4.69) is 20.5 Å². The van der Waals surface area contributed by atoms with E-state index in [1.165, 1.54) is 12.1 Å². The van der Waals surface area contributed by atoms with Gasteiger partial charge in [-0.3, -0.25) is 9.89 Å². The molecule has 0 bridgehead atoms. The van der Waals surface area contributed by atoms with Crippen molar-refractivity contribution in [2.45, 2.75) is 40.2 Å². The minimum atomic E-state index is -0.704. The average Bonchev–Trinajstić information content (AvgIpc) is 3.08. The topological polar surface area (TPSA) is 74.9 Å². The van der Waals surface area contributed by atoms with E-state index in [1.54, 1.807) is 0 Å². The van der Waals surface area contributed by atoms with Crippen LogP contribution in [0.1, 0.15) is 37.1 Å². The number of aryl methyl sites for hydroxylation is 2. The summed E-state index contributed by atoms with van der Waals surface area (Å²) in [6.07, 6.45) is 2.16. The van der Waals surface area contributed by atoms with Gasteiger partial charge in [0.1, 0.15) is 18.2 Å². The zero-order valence-electron chi connectivity index (χ0n) is 19.1. The Bertz CT molecular complexity index is 875. The van der Waals surface area contributed by atoms with Gasteiger partial charge >= 0.3 is 0 Å². The average molecular weight is 450 g/mol. The number of aromatic nitrogens is 1. The minimum absolute atomic E-state index is 0.0389. The van der Waals surface area contributed by atoms with Crippen LogP contribution in [0.5, 0.6) is 5.75 Å². The molecule has 0 saturated carbocycles. The summed E-state index contributed by atoms with van der Waals surface area (Å²) >= 11 is 0. The van der Waals surface area contributed by atoms with E-state index in [-0.39, 0.29) is 12.4 Å². The molecular formula is C23H33F2N5O2. The number of rotatable bonds is 9. The molecular weight excluding hydrogens is 416 g/mol. The summed E-state index contributed by atoms with van der Waals surface area (Å²) in [4.78, 5) is 11.5. The van der Waals surface area contributed by atoms with E-state index in [1.807, 2.05) is 20.8 Å². The number of nitrogens with zero attached hydrogens (tertiary/aromatic N) is 3. The van der Waals surface area contributed by atoms with E-state index in [0.29, 0.717) is 18.4 Å². The second-order valence-corrected chi connectivity index (χ2v) is 8.04. The molecule has 0 unspecified atom stereocenters. The van der Waals surface area contributed by atoms with Crippen LogP contribution in [0.4, 0.5) is 8.78 Å². The first-order valence-corrected chi connectivity index (χ1v) is 11.2. The number of guanidine groups is 1. The van der Waals surface area contributed by atoms with E-state index >= 15 is 0 Å². The maximum absolute atomic E-state index is 13.6. The van der Waals surface area contributed by atoms with Gasteiger partial charge in [0.2, 0.25) is 5.89 Å². The van der Waals surface area contributed by atoms with Crippen molar-refractivity contribution in [3.8, 4) is 5.75 Å². The van der Waals surface area contributed by atoms with Gasteiger partial charge in [0.25, 0.3) is 0 Å². The number of oxazole rings is 1. The Hall–Kier alpha value is -2.68. The van der Waals surface area contributed by atoms with Gasteiger partial charge in [-0.1, -0.05) is 0 Å². The van der Waals surface area contributed by atoms with Crippen LogP contribution in [-0.4, -0.2) is 55.2 Å². The number of ether oxygens (including phenoxy) is 1. The highest BCUT2D eigenvalue weighted by atomic mass is 19.1. The van der Waals surface area contributed by atoms with Crippen LogP contribution in [-0.2, 0) is 6.54 Å². The number of likely N-dealkylation sites (tertiary alicyclic amines) is 1. The molecule has 0 aliphatic carbocycles. The maximum Gasteiger partial charge on any atom is 0.208 e. The molecule has 7 nitrogen and oxygen atoms in total. The van der Waals surface area contributed by atoms with Gasteiger partial charge in [-0.15, -0.1) is 0 Å². The summed E-state index contributed by atoms with van der Waals surface area (Å²) in [6, 6.07) is 3.28. The summed E-state index contributed by atoms with van der Waals surface area (Å²) in [5.74, 6) is 1.63. The Balaban J connectivity index is 1.38. The van der Waals surface area contributed by atoms with Crippen molar-refractivity contribution >= 4 is 5.96 Å². The molecule has 0 radical (unpaired) electrons. The highest BCUT2D eigenvalue weighted by Gasteiger charge is 2.21. The molecule has 0 amide bonds. The third kappa shape index (κ3) is 7.19. The van der Waals surface area contributed by atoms with Crippen LogP contribution in [0.3, 0.4) is 0 Å². The molecule has 32 heavy (non-hydrogen) atoms. The second kappa shape index (κ2) is 11.8. The predicted molar refractivity (Wildman–Crippen MR) is 120 cm³/mol. The molecule has 0 atom stereocenters. The van der Waals surface area contributed by atoms with Gasteiger partial charge in [0, 0.05) is 19.2 Å². The number of piperidine rings is 1. The van der Waals surface area contributed by atoms with Crippen LogP contribution in [0.2, 0.25) is 0 Å². The van der Waals surface area contributed by atoms with E-state index in [9.17, 15) is 8.78 Å². The van der Waals surface area contributed by atoms with Gasteiger partial charge in [-0.2, -0.15) is 0 Å². The Morgan fingerprint density at radius 1 is 1.25 bits per heavy atom. The van der Waals surface area contributed by atoms with Crippen molar-refractivity contribution in [1.29, 1.82) is 0 Å². The summed E-state index contributed by atoms with van der Waals surface area (Å²) < 4.78 is 37.7. The Morgan fingerprint density at radius 2 is 2.03 bits per heavy atom. The van der Waals surface area contributed by atoms with Gasteiger partial charge in [-0.25, -0.2) is 13.8 Å². The normalized spacial score (nSPS) is 15.7. The van der Waals surface area contributed by atoms with Crippen molar-refractivity contribution in [3.05, 3.63) is 47.2 Å². The van der Waals surface area contributed by atoms with E-state index < -0.39 is 11.6 Å². The molecule has 2 heterocycles. The quantitative estimate of drug-likeness (QED) is 0.347. The number of aliphatic imine (C=N–C) groups is 1. The van der Waals surface area contributed by atoms with Gasteiger partial charge in [-0.05, 0) is 64.8 Å². The molecule has 176 valence electrons. The lowest BCUT2D eigenvalue weighted by Gasteiger charge is -2.30. The Labute approximate surface area is 188 Å². The number of hydrogen-bond acceptors (Lipinski definition) is 5. The van der Waals surface area contributed by atoms with Crippen molar-refractivity contribution in [1.82, 2.24) is 20.5 Å². The molecule has 2 aromatic rings. The molecule has 3 rings (SSSR count). The molecule has 2 N–H and O–H groups in total. The fourth-order valence-electron chi connectivity index (χ4n) is 3.61. The number of hydrogen-bond donors (Lipinski definition) is 2. The number of nitrogens with one attached hydrogen (secondary N) is 2. The van der Waals surface area contributed by atoms with Crippen molar-refractivity contribution in [2.24, 2.45) is 10.9 Å². The maximum atomic E-state index is 13.6. The second-order valence-electron chi connectivity index (χ2n) is 8.04. The molecule has 1 fully saturated rings. The first-order chi connectivity index (χ1) is 15.4. The number of benzene rings is 1. The summed E-state index contributed by atoms with van der Waals surface area (Å²) in [5, 5.41) is 6.41. The van der Waals surface area contributed by atoms with E-state index in [4.69, 9.17) is 14.1 Å². The van der Waals surface area contributed by atoms with Crippen LogP contribution in [0.25, 0.3) is 0 Å². The molecule has 1 aromatic heterocycles. The smallest absolute Gasteiger partial charge is 0.208 e. The SMILES string of the molecule is CCNC(=NCC1CCN(Cc2nc(C)c(C)o2)CC1)NCCOc1ccc(F)cc1F. The van der Waals surface area contributed by atoms with E-state index in [0.717, 1.165) is 69.0 Å². The number of halogens is 2. The first kappa shape index (κ1) is 24.0. The molecule has 1 aliphatic rings. The van der Waals surface area contributed by atoms with Gasteiger partial charge in [0.05, 0.1) is 18.8 Å². The highest BCUT2D eigenvalue weighted by molar-refractivity contribution is 5.79. The lowest BCUT2D eigenvalue weighted by Crippen LogP contribution is -2.40. The van der Waals surface area contributed by atoms with Crippen LogP contribution in [0, 0.1) is 31.4 Å². The molecule has 9 heteroatoms. The summed E-state index contributed by atoms with van der Waals surface area (Å²) in [6.45, 7) is 10.9. The first-order valence-electron chi connectivity index (χ1n) is 11.2. The fraction of sp³-hybridized carbons (Fsp3) is 0.565. The summed E-state index contributed by atoms with van der Waals surface area (Å²) in [5.41, 5.74) is 0.959. The zero-order valence-corrected chi connectivity index (χ0v) is 19.1. The van der Waals surface area contributed by atoms with Crippen LogP contribution < -0.4 is 15.4 Å². The third-order valence-corrected chi connectivity index (χ3v) is 5.54. The predicted octanol–water partition coefficient (Wildman–Crippen LogP) is 3.42. The zero-order chi connectivity index (χ0) is 22.9. The third-order valence-electron chi connectivity index (χ3n) is 5.54. The van der Waals surface area contributed by atoms with Gasteiger partial charge < -0.3 is 19.8 Å². The lowest BCUT2D eigenvalue weighted by atomic mass is 9.97. The fourth-order valence-corrected chi connectivity index (χ4v) is 3.61. The van der Waals surface area contributed by atoms with Crippen LogP contribution in [0.15, 0.2) is 27.6 Å².